The lowest BCUT2D eigenvalue weighted by atomic mass is 9.81. The third-order valence-electron chi connectivity index (χ3n) is 7.64. The van der Waals surface area contributed by atoms with Crippen molar-refractivity contribution in [2.45, 2.75) is 57.6 Å². The minimum Gasteiger partial charge on any atom is -0.492 e. The van der Waals surface area contributed by atoms with Gasteiger partial charge in [-0.2, -0.15) is 0 Å². The van der Waals surface area contributed by atoms with Crippen LogP contribution < -0.4 is 24.8 Å². The Morgan fingerprint density at radius 2 is 1.80 bits per heavy atom. The molecule has 0 aliphatic heterocycles. The zero-order valence-corrected chi connectivity index (χ0v) is 27.6. The van der Waals surface area contributed by atoms with Crippen molar-refractivity contribution in [1.82, 2.24) is 19.9 Å². The topological polar surface area (TPSA) is 153 Å². The van der Waals surface area contributed by atoms with Crippen molar-refractivity contribution < 1.29 is 27.5 Å². The Balaban J connectivity index is 1.46. The fourth-order valence-electron chi connectivity index (χ4n) is 5.39. The van der Waals surface area contributed by atoms with E-state index in [9.17, 15) is 18.0 Å². The second kappa shape index (κ2) is 12.1. The molecule has 2 aromatic heterocycles. The summed E-state index contributed by atoms with van der Waals surface area (Å²) in [4.78, 5) is 26.4. The van der Waals surface area contributed by atoms with Gasteiger partial charge in [0.25, 0.3) is 0 Å². The van der Waals surface area contributed by atoms with E-state index in [-0.39, 0.29) is 23.0 Å². The SMILES string of the molecule is COc1c(NC(=O)N[C@@]2(C=O)C=C[C@@H](Oc3ccc4nnc(C(C)C)n4c3)c3ccccc32)cc(C(C)(C)C)cc1NS(C)(=O)=O. The van der Waals surface area contributed by atoms with Crippen molar-refractivity contribution >= 4 is 39.4 Å². The molecular formula is C33H38N6O6S. The number of aromatic nitrogens is 3. The van der Waals surface area contributed by atoms with Crippen molar-refractivity contribution in [3.8, 4) is 11.5 Å². The van der Waals surface area contributed by atoms with Crippen molar-refractivity contribution in [2.24, 2.45) is 0 Å². The zero-order valence-electron chi connectivity index (χ0n) is 26.8. The number of rotatable bonds is 9. The minimum absolute atomic E-state index is 0.118. The summed E-state index contributed by atoms with van der Waals surface area (Å²) in [5.74, 6) is 1.66. The number of pyridine rings is 1. The van der Waals surface area contributed by atoms with Gasteiger partial charge in [-0.15, -0.1) is 10.2 Å². The molecule has 0 radical (unpaired) electrons. The second-order valence-corrected chi connectivity index (χ2v) is 14.3. The number of hydrogen-bond acceptors (Lipinski definition) is 8. The summed E-state index contributed by atoms with van der Waals surface area (Å²) >= 11 is 0. The van der Waals surface area contributed by atoms with E-state index in [1.54, 1.807) is 36.4 Å². The Hall–Kier alpha value is -4.91. The van der Waals surface area contributed by atoms with Crippen LogP contribution in [0.15, 0.2) is 66.9 Å². The number of aldehydes is 1. The summed E-state index contributed by atoms with van der Waals surface area (Å²) in [5.41, 5.74) is 1.15. The van der Waals surface area contributed by atoms with E-state index in [2.05, 4.69) is 25.6 Å². The van der Waals surface area contributed by atoms with Crippen molar-refractivity contribution in [3.05, 3.63) is 89.4 Å². The van der Waals surface area contributed by atoms with E-state index >= 15 is 0 Å². The number of anilines is 2. The number of benzene rings is 2. The van der Waals surface area contributed by atoms with E-state index in [4.69, 9.17) is 9.47 Å². The maximum Gasteiger partial charge on any atom is 0.320 e. The van der Waals surface area contributed by atoms with Crippen molar-refractivity contribution in [1.29, 1.82) is 0 Å². The summed E-state index contributed by atoms with van der Waals surface area (Å²) in [5, 5.41) is 14.1. The highest BCUT2D eigenvalue weighted by Gasteiger charge is 2.38. The third-order valence-corrected chi connectivity index (χ3v) is 8.23. The van der Waals surface area contributed by atoms with Gasteiger partial charge in [-0.05, 0) is 53.0 Å². The second-order valence-electron chi connectivity index (χ2n) is 12.6. The van der Waals surface area contributed by atoms with Gasteiger partial charge in [-0.3, -0.25) is 13.9 Å². The average molecular weight is 647 g/mol. The molecule has 2 atom stereocenters. The van der Waals surface area contributed by atoms with Crippen LogP contribution in [-0.2, 0) is 25.8 Å². The first kappa shape index (κ1) is 32.5. The number of urea groups is 1. The van der Waals surface area contributed by atoms with Gasteiger partial charge >= 0.3 is 6.03 Å². The normalized spacial score (nSPS) is 17.8. The summed E-state index contributed by atoms with van der Waals surface area (Å²) in [6.45, 7) is 9.95. The molecule has 2 aromatic carbocycles. The molecule has 3 N–H and O–H groups in total. The van der Waals surface area contributed by atoms with Crippen molar-refractivity contribution in [2.75, 3.05) is 23.4 Å². The van der Waals surface area contributed by atoms with Crippen LogP contribution in [0.4, 0.5) is 16.2 Å². The standard InChI is InChI=1S/C33H38N6O6S/c1-20(2)30-37-36-28-13-12-22(18-39(28)30)45-27-14-15-33(19-40,24-11-9-8-10-23(24)27)35-31(41)34-25-16-21(32(3,4)5)17-26(29(25)44-6)38-46(7,42)43/h8-20,27,38H,1-7H3,(H2,34,35,41)/t27-,33-/m1/s1. The van der Waals surface area contributed by atoms with Crippen LogP contribution in [0.1, 0.15) is 69.2 Å². The first-order chi connectivity index (χ1) is 21.6. The predicted octanol–water partition coefficient (Wildman–Crippen LogP) is 5.44. The molecule has 0 bridgehead atoms. The Kier molecular flexibility index (Phi) is 8.56. The monoisotopic (exact) mass is 646 g/mol. The number of carbonyl (C=O) groups is 2. The Labute approximate surface area is 268 Å². The maximum atomic E-state index is 13.6. The van der Waals surface area contributed by atoms with Crippen LogP contribution in [-0.4, -0.2) is 48.7 Å². The molecule has 0 spiro atoms. The van der Waals surface area contributed by atoms with Crippen LogP contribution in [0.2, 0.25) is 0 Å². The van der Waals surface area contributed by atoms with Gasteiger partial charge < -0.3 is 20.1 Å². The van der Waals surface area contributed by atoms with Gasteiger partial charge in [0, 0.05) is 11.5 Å². The van der Waals surface area contributed by atoms with E-state index in [1.165, 1.54) is 7.11 Å². The minimum atomic E-state index is -3.66. The van der Waals surface area contributed by atoms with Crippen LogP contribution in [0.3, 0.4) is 0 Å². The number of sulfonamides is 1. The highest BCUT2D eigenvalue weighted by Crippen LogP contribution is 2.40. The fraction of sp³-hybridized carbons (Fsp3) is 0.333. The lowest BCUT2D eigenvalue weighted by Crippen LogP contribution is -2.49. The van der Waals surface area contributed by atoms with E-state index in [1.807, 2.05) is 69.5 Å². The summed E-state index contributed by atoms with van der Waals surface area (Å²) in [6.07, 6.45) is 6.30. The maximum absolute atomic E-state index is 13.6. The number of nitrogens with zero attached hydrogens (tertiary/aromatic N) is 3. The number of ether oxygens (including phenoxy) is 2. The van der Waals surface area contributed by atoms with Crippen LogP contribution >= 0.6 is 0 Å². The number of carbonyl (C=O) groups excluding carboxylic acids is 2. The average Bonchev–Trinajstić information content (AvgIpc) is 3.41. The molecule has 1 aliphatic carbocycles. The quantitative estimate of drug-likeness (QED) is 0.161. The van der Waals surface area contributed by atoms with Crippen LogP contribution in [0.5, 0.6) is 11.5 Å². The molecule has 4 aromatic rings. The summed E-state index contributed by atoms with van der Waals surface area (Å²) in [7, 11) is -2.29. The number of fused-ring (bicyclic) bond motifs is 2. The molecule has 0 fully saturated rings. The highest BCUT2D eigenvalue weighted by molar-refractivity contribution is 7.92. The number of amides is 2. The summed E-state index contributed by atoms with van der Waals surface area (Å²) in [6, 6.07) is 13.5. The zero-order chi connectivity index (χ0) is 33.4. The molecule has 0 saturated carbocycles. The molecule has 2 heterocycles. The first-order valence-electron chi connectivity index (χ1n) is 14.7. The number of methoxy groups -OCH3 is 1. The molecule has 13 heteroatoms. The van der Waals surface area contributed by atoms with Crippen molar-refractivity contribution in [3.63, 3.8) is 0 Å². The lowest BCUT2D eigenvalue weighted by Gasteiger charge is -2.34. The Morgan fingerprint density at radius 3 is 2.46 bits per heavy atom. The largest absolute Gasteiger partial charge is 0.492 e. The molecule has 0 saturated heterocycles. The van der Waals surface area contributed by atoms with Gasteiger partial charge in [0.15, 0.2) is 17.7 Å². The van der Waals surface area contributed by atoms with Gasteiger partial charge in [-0.25, -0.2) is 13.2 Å². The molecule has 242 valence electrons. The molecule has 2 amide bonds. The Bertz CT molecular complexity index is 1950. The molecule has 5 rings (SSSR count). The van der Waals surface area contributed by atoms with E-state index in [0.717, 1.165) is 17.6 Å². The molecular weight excluding hydrogens is 608 g/mol. The molecule has 12 nitrogen and oxygen atoms in total. The first-order valence-corrected chi connectivity index (χ1v) is 16.6. The highest BCUT2D eigenvalue weighted by atomic mass is 32.2. The van der Waals surface area contributed by atoms with Gasteiger partial charge in [-0.1, -0.05) is 58.9 Å². The van der Waals surface area contributed by atoms with Crippen LogP contribution in [0.25, 0.3) is 5.65 Å². The van der Waals surface area contributed by atoms with Gasteiger partial charge in [0.2, 0.25) is 10.0 Å². The predicted molar refractivity (Wildman–Crippen MR) is 176 cm³/mol. The van der Waals surface area contributed by atoms with Gasteiger partial charge in [0.05, 0.1) is 30.9 Å². The molecule has 1 aliphatic rings. The number of nitrogens with one attached hydrogen (secondary N) is 3. The Morgan fingerprint density at radius 1 is 1.09 bits per heavy atom. The lowest BCUT2D eigenvalue weighted by molar-refractivity contribution is -0.111. The third kappa shape index (κ3) is 6.54. The fourth-order valence-corrected chi connectivity index (χ4v) is 5.94. The van der Waals surface area contributed by atoms with Gasteiger partial charge in [0.1, 0.15) is 23.2 Å². The molecule has 0 unspecified atom stereocenters. The molecule has 46 heavy (non-hydrogen) atoms. The van der Waals surface area contributed by atoms with Crippen LogP contribution in [0, 0.1) is 0 Å². The summed E-state index contributed by atoms with van der Waals surface area (Å²) < 4.78 is 40.5. The smallest absolute Gasteiger partial charge is 0.320 e. The number of hydrogen-bond donors (Lipinski definition) is 3. The van der Waals surface area contributed by atoms with E-state index < -0.39 is 33.1 Å². The van der Waals surface area contributed by atoms with E-state index in [0.29, 0.717) is 28.8 Å².